The molecule has 4 aromatic rings. The summed E-state index contributed by atoms with van der Waals surface area (Å²) in [6.45, 7) is 0.391. The second-order valence-electron chi connectivity index (χ2n) is 8.74. The monoisotopic (exact) mass is 549 g/mol. The number of benzene rings is 3. The fraction of sp³-hybridized carbons (Fsp3) is 0.172. The molecule has 1 amide bonds. The van der Waals surface area contributed by atoms with Crippen LogP contribution in [0.25, 0.3) is 28.4 Å². The minimum atomic E-state index is -0.689. The van der Waals surface area contributed by atoms with E-state index in [9.17, 15) is 35.1 Å². The van der Waals surface area contributed by atoms with Crippen molar-refractivity contribution in [2.24, 2.45) is 0 Å². The van der Waals surface area contributed by atoms with Gasteiger partial charge in [0.2, 0.25) is 17.1 Å². The smallest absolute Gasteiger partial charge is 0.243 e. The Morgan fingerprint density at radius 2 is 1.70 bits per heavy atom. The Balaban J connectivity index is 1.41. The summed E-state index contributed by atoms with van der Waals surface area (Å²) in [6, 6.07) is 10.7. The van der Waals surface area contributed by atoms with Crippen molar-refractivity contribution in [1.29, 1.82) is 0 Å². The predicted molar refractivity (Wildman–Crippen MR) is 146 cm³/mol. The minimum Gasteiger partial charge on any atom is -0.508 e. The number of fused-ring (bicyclic) bond motifs is 1. The number of hydrogen-bond acceptors (Lipinski definition) is 10. The van der Waals surface area contributed by atoms with Gasteiger partial charge in [-0.05, 0) is 54.8 Å². The van der Waals surface area contributed by atoms with Gasteiger partial charge < -0.3 is 44.7 Å². The third-order valence-electron chi connectivity index (χ3n) is 5.90. The van der Waals surface area contributed by atoms with Crippen molar-refractivity contribution in [3.63, 3.8) is 0 Å². The van der Waals surface area contributed by atoms with Gasteiger partial charge in [0.25, 0.3) is 0 Å². The van der Waals surface area contributed by atoms with Gasteiger partial charge in [0, 0.05) is 30.3 Å². The van der Waals surface area contributed by atoms with Crippen molar-refractivity contribution in [2.45, 2.75) is 12.8 Å². The summed E-state index contributed by atoms with van der Waals surface area (Å²) in [6.07, 6.45) is 3.89. The number of phenolic OH excluding ortho intramolecular Hbond substituents is 5. The van der Waals surface area contributed by atoms with Crippen molar-refractivity contribution in [3.8, 4) is 51.6 Å². The lowest BCUT2D eigenvalue weighted by Crippen LogP contribution is -2.22. The van der Waals surface area contributed by atoms with Crippen LogP contribution in [-0.4, -0.2) is 51.7 Å². The molecule has 208 valence electrons. The zero-order valence-corrected chi connectivity index (χ0v) is 21.4. The molecule has 40 heavy (non-hydrogen) atoms. The molecule has 0 unspecified atom stereocenters. The van der Waals surface area contributed by atoms with Gasteiger partial charge in [-0.3, -0.25) is 9.59 Å². The molecule has 0 spiro atoms. The lowest BCUT2D eigenvalue weighted by atomic mass is 10.1. The summed E-state index contributed by atoms with van der Waals surface area (Å²) in [7, 11) is 1.43. The Bertz CT molecular complexity index is 1640. The fourth-order valence-corrected chi connectivity index (χ4v) is 3.90. The van der Waals surface area contributed by atoms with Crippen LogP contribution in [0.2, 0.25) is 0 Å². The average Bonchev–Trinajstić information content (AvgIpc) is 2.92. The summed E-state index contributed by atoms with van der Waals surface area (Å²) < 4.78 is 16.6. The fourth-order valence-electron chi connectivity index (χ4n) is 3.90. The molecular formula is C29H27NO10. The first-order valence-corrected chi connectivity index (χ1v) is 12.2. The summed E-state index contributed by atoms with van der Waals surface area (Å²) in [5.41, 5.74) is 0.105. The lowest BCUT2D eigenvalue weighted by Gasteiger charge is -2.13. The summed E-state index contributed by atoms with van der Waals surface area (Å²) in [5, 5.41) is 51.8. The molecule has 0 bridgehead atoms. The van der Waals surface area contributed by atoms with Gasteiger partial charge in [0.1, 0.15) is 22.5 Å². The highest BCUT2D eigenvalue weighted by Gasteiger charge is 2.21. The zero-order chi connectivity index (χ0) is 28.8. The van der Waals surface area contributed by atoms with E-state index in [2.05, 4.69) is 5.32 Å². The van der Waals surface area contributed by atoms with Crippen LogP contribution >= 0.6 is 0 Å². The van der Waals surface area contributed by atoms with Crippen LogP contribution < -0.4 is 20.2 Å². The van der Waals surface area contributed by atoms with E-state index in [1.165, 1.54) is 43.5 Å². The number of aromatic hydroxyl groups is 5. The van der Waals surface area contributed by atoms with Crippen LogP contribution in [-0.2, 0) is 4.79 Å². The molecule has 0 saturated heterocycles. The molecule has 1 heterocycles. The number of nitrogens with one attached hydrogen (secondary N) is 1. The Morgan fingerprint density at radius 1 is 0.925 bits per heavy atom. The molecule has 0 aliphatic heterocycles. The van der Waals surface area contributed by atoms with Crippen LogP contribution in [0.3, 0.4) is 0 Å². The Morgan fingerprint density at radius 3 is 2.45 bits per heavy atom. The number of rotatable bonds is 10. The Kier molecular flexibility index (Phi) is 8.33. The first-order chi connectivity index (χ1) is 19.2. The Hall–Kier alpha value is -5.32. The maximum Gasteiger partial charge on any atom is 0.243 e. The maximum absolute atomic E-state index is 13.2. The van der Waals surface area contributed by atoms with Gasteiger partial charge in [0.05, 0.1) is 13.7 Å². The van der Waals surface area contributed by atoms with Crippen LogP contribution in [0, 0.1) is 0 Å². The van der Waals surface area contributed by atoms with Crippen molar-refractivity contribution in [1.82, 2.24) is 5.32 Å². The van der Waals surface area contributed by atoms with Gasteiger partial charge in [-0.25, -0.2) is 0 Å². The topological polar surface area (TPSA) is 179 Å². The number of methoxy groups -OCH3 is 1. The average molecular weight is 550 g/mol. The molecule has 0 radical (unpaired) electrons. The number of phenols is 5. The molecule has 4 rings (SSSR count). The normalized spacial score (nSPS) is 11.1. The number of carbonyl (C=O) groups excluding carboxylic acids is 1. The molecule has 11 heteroatoms. The van der Waals surface area contributed by atoms with Gasteiger partial charge in [0.15, 0.2) is 28.8 Å². The number of ether oxygens (including phenoxy) is 2. The van der Waals surface area contributed by atoms with Gasteiger partial charge in [-0.15, -0.1) is 0 Å². The predicted octanol–water partition coefficient (Wildman–Crippen LogP) is 3.99. The van der Waals surface area contributed by atoms with E-state index in [0.717, 1.165) is 6.07 Å². The standard InChI is InChI=1S/C29H27NO10/c1-38-23-12-16(4-7-20(23)33)5-9-25(36)30-10-2-3-11-39-29-27(37)26-22(35)14-18(31)15-24(26)40-28(29)17-6-8-19(32)21(34)13-17/h4-9,12-15,31-35H,2-3,10-11H2,1H3,(H,30,36)/b9-5+. The second kappa shape index (κ2) is 12.0. The highest BCUT2D eigenvalue weighted by Crippen LogP contribution is 2.38. The summed E-state index contributed by atoms with van der Waals surface area (Å²) in [5.74, 6) is -1.95. The lowest BCUT2D eigenvalue weighted by molar-refractivity contribution is -0.116. The molecule has 0 aliphatic rings. The summed E-state index contributed by atoms with van der Waals surface area (Å²) in [4.78, 5) is 25.4. The van der Waals surface area contributed by atoms with Crippen molar-refractivity contribution in [2.75, 3.05) is 20.3 Å². The number of amides is 1. The third-order valence-corrected chi connectivity index (χ3v) is 5.90. The van der Waals surface area contributed by atoms with E-state index in [4.69, 9.17) is 13.9 Å². The highest BCUT2D eigenvalue weighted by atomic mass is 16.5. The quantitative estimate of drug-likeness (QED) is 0.0962. The van der Waals surface area contributed by atoms with Gasteiger partial charge >= 0.3 is 0 Å². The number of hydrogen-bond donors (Lipinski definition) is 6. The summed E-state index contributed by atoms with van der Waals surface area (Å²) >= 11 is 0. The van der Waals surface area contributed by atoms with Crippen molar-refractivity contribution < 1.29 is 44.2 Å². The van der Waals surface area contributed by atoms with E-state index in [1.54, 1.807) is 18.2 Å². The minimum absolute atomic E-state index is 0.00258. The molecule has 6 N–H and O–H groups in total. The van der Waals surface area contributed by atoms with E-state index in [-0.39, 0.29) is 57.8 Å². The van der Waals surface area contributed by atoms with E-state index < -0.39 is 16.9 Å². The Labute approximate surface area is 227 Å². The first-order valence-electron chi connectivity index (χ1n) is 12.2. The number of carbonyl (C=O) groups is 1. The molecule has 0 atom stereocenters. The van der Waals surface area contributed by atoms with Gasteiger partial charge in [-0.1, -0.05) is 6.07 Å². The highest BCUT2D eigenvalue weighted by molar-refractivity contribution is 5.91. The first kappa shape index (κ1) is 27.7. The van der Waals surface area contributed by atoms with E-state index >= 15 is 0 Å². The van der Waals surface area contributed by atoms with Crippen molar-refractivity contribution >= 4 is 23.0 Å². The van der Waals surface area contributed by atoms with E-state index in [1.807, 2.05) is 0 Å². The second-order valence-corrected chi connectivity index (χ2v) is 8.74. The SMILES string of the molecule is COc1cc(/C=C/C(=O)NCCCCOc2c(-c3ccc(O)c(O)c3)oc3cc(O)cc(O)c3c2=O)ccc1O. The maximum atomic E-state index is 13.2. The van der Waals surface area contributed by atoms with Crippen LogP contribution in [0.4, 0.5) is 0 Å². The molecule has 0 fully saturated rings. The van der Waals surface area contributed by atoms with Gasteiger partial charge in [-0.2, -0.15) is 0 Å². The molecule has 0 saturated carbocycles. The molecule has 3 aromatic carbocycles. The largest absolute Gasteiger partial charge is 0.508 e. The molecule has 1 aromatic heterocycles. The third kappa shape index (κ3) is 6.21. The van der Waals surface area contributed by atoms with Crippen LogP contribution in [0.5, 0.6) is 40.2 Å². The molecule has 0 aliphatic carbocycles. The molecule has 11 nitrogen and oxygen atoms in total. The number of unbranched alkanes of at least 4 members (excludes halogenated alkanes) is 1. The van der Waals surface area contributed by atoms with E-state index in [0.29, 0.717) is 30.7 Å². The van der Waals surface area contributed by atoms with Crippen LogP contribution in [0.1, 0.15) is 18.4 Å². The zero-order valence-electron chi connectivity index (χ0n) is 21.4. The van der Waals surface area contributed by atoms with Crippen LogP contribution in [0.15, 0.2) is 63.8 Å². The van der Waals surface area contributed by atoms with Crippen molar-refractivity contribution in [3.05, 3.63) is 70.4 Å². The molecular weight excluding hydrogens is 522 g/mol.